The summed E-state index contributed by atoms with van der Waals surface area (Å²) >= 11 is 0. The minimum Gasteiger partial charge on any atom is -0.364 e. The molecule has 0 aliphatic carbocycles. The Labute approximate surface area is 138 Å². The molecule has 0 heterocycles. The predicted octanol–water partition coefficient (Wildman–Crippen LogP) is 5.69. The lowest BCUT2D eigenvalue weighted by atomic mass is 9.85. The van der Waals surface area contributed by atoms with Crippen LogP contribution in [-0.2, 0) is 4.74 Å². The van der Waals surface area contributed by atoms with Crippen LogP contribution >= 0.6 is 0 Å². The fourth-order valence-corrected chi connectivity index (χ4v) is 1.49. The van der Waals surface area contributed by atoms with Gasteiger partial charge in [0.1, 0.15) is 0 Å². The molecule has 1 nitrogen and oxygen atoms in total. The lowest BCUT2D eigenvalue weighted by Crippen LogP contribution is -2.75. The third-order valence-corrected chi connectivity index (χ3v) is 3.48. The van der Waals surface area contributed by atoms with E-state index in [1.807, 2.05) is 0 Å². The molecule has 0 aliphatic rings. The van der Waals surface area contributed by atoms with Crippen molar-refractivity contribution in [2.45, 2.75) is 54.5 Å². The van der Waals surface area contributed by atoms with E-state index in [-0.39, 0.29) is 0 Å². The number of hydrogen-bond acceptors (Lipinski definition) is 1. The Balaban J connectivity index is 6.73. The van der Waals surface area contributed by atoms with Crippen molar-refractivity contribution >= 4 is 0 Å². The molecular formula is C10H6F16O. The molecular weight excluding hydrogens is 440 g/mol. The molecule has 1 atom stereocenters. The van der Waals surface area contributed by atoms with Crippen LogP contribution in [0.15, 0.2) is 0 Å². The van der Waals surface area contributed by atoms with E-state index in [9.17, 15) is 70.2 Å². The zero-order valence-electron chi connectivity index (χ0n) is 12.5. The summed E-state index contributed by atoms with van der Waals surface area (Å²) < 4.78 is 207. The SMILES string of the molecule is COC(C)(C(F)(F)F)C(F)(F)C(F)(F)C(F)(F)C(F)(F)C(F)(F)C(F)(F)F. The van der Waals surface area contributed by atoms with E-state index in [0.717, 1.165) is 0 Å². The molecule has 17 heteroatoms. The predicted molar refractivity (Wildman–Crippen MR) is 52.3 cm³/mol. The van der Waals surface area contributed by atoms with Gasteiger partial charge >= 0.3 is 42.0 Å². The summed E-state index contributed by atoms with van der Waals surface area (Å²) in [4.78, 5) is 0. The summed E-state index contributed by atoms with van der Waals surface area (Å²) in [6.45, 7) is -1.03. The molecule has 0 saturated heterocycles. The lowest BCUT2D eigenvalue weighted by molar-refractivity contribution is -0.461. The Morgan fingerprint density at radius 3 is 0.889 bits per heavy atom. The van der Waals surface area contributed by atoms with Gasteiger partial charge in [0.2, 0.25) is 5.60 Å². The van der Waals surface area contributed by atoms with Crippen molar-refractivity contribution in [2.24, 2.45) is 0 Å². The maximum absolute atomic E-state index is 13.5. The Kier molecular flexibility index (Phi) is 5.90. The molecule has 0 aromatic carbocycles. The first-order chi connectivity index (χ1) is 11.3. The average molecular weight is 446 g/mol. The number of ether oxygens (including phenoxy) is 1. The van der Waals surface area contributed by atoms with E-state index in [1.165, 1.54) is 0 Å². The van der Waals surface area contributed by atoms with Crippen molar-refractivity contribution in [1.82, 2.24) is 0 Å². The van der Waals surface area contributed by atoms with Crippen LogP contribution in [0.4, 0.5) is 70.2 Å². The zero-order valence-corrected chi connectivity index (χ0v) is 12.5. The van der Waals surface area contributed by atoms with Crippen LogP contribution in [0.3, 0.4) is 0 Å². The highest BCUT2D eigenvalue weighted by Crippen LogP contribution is 2.63. The topological polar surface area (TPSA) is 9.23 Å². The molecule has 1 unspecified atom stereocenters. The second-order valence-electron chi connectivity index (χ2n) is 5.10. The van der Waals surface area contributed by atoms with Gasteiger partial charge in [-0.25, -0.2) is 0 Å². The lowest BCUT2D eigenvalue weighted by Gasteiger charge is -2.45. The van der Waals surface area contributed by atoms with E-state index in [4.69, 9.17) is 0 Å². The maximum atomic E-state index is 13.5. The average Bonchev–Trinajstić information content (AvgIpc) is 2.42. The van der Waals surface area contributed by atoms with Crippen molar-refractivity contribution in [1.29, 1.82) is 0 Å². The highest BCUT2D eigenvalue weighted by Gasteiger charge is 2.94. The second-order valence-corrected chi connectivity index (χ2v) is 5.10. The van der Waals surface area contributed by atoms with Crippen molar-refractivity contribution in [3.05, 3.63) is 0 Å². The quantitative estimate of drug-likeness (QED) is 0.477. The highest BCUT2D eigenvalue weighted by molar-refractivity contribution is 5.15. The molecule has 0 saturated carbocycles. The molecule has 27 heavy (non-hydrogen) atoms. The second kappa shape index (κ2) is 6.17. The fraction of sp³-hybridized carbons (Fsp3) is 1.00. The van der Waals surface area contributed by atoms with Crippen molar-refractivity contribution in [3.63, 3.8) is 0 Å². The van der Waals surface area contributed by atoms with Gasteiger partial charge in [0.15, 0.2) is 0 Å². The third-order valence-electron chi connectivity index (χ3n) is 3.48. The standard InChI is InChI=1S/C10H6F16O/c1-3(27-2,9(21,22)23)4(11,12)5(13,14)6(15,16)7(17,18)8(19,20)10(24,25)26/h1-2H3. The normalized spacial score (nSPS) is 18.4. The van der Waals surface area contributed by atoms with Gasteiger partial charge in [-0.15, -0.1) is 0 Å². The minimum absolute atomic E-state index is 0.405. The summed E-state index contributed by atoms with van der Waals surface area (Å²) in [6, 6.07) is 0. The highest BCUT2D eigenvalue weighted by atomic mass is 19.4. The molecule has 0 aliphatic heterocycles. The Morgan fingerprint density at radius 2 is 0.667 bits per heavy atom. The van der Waals surface area contributed by atoms with Gasteiger partial charge in [0, 0.05) is 7.11 Å². The number of halogens is 16. The molecule has 0 bridgehead atoms. The minimum atomic E-state index is -8.33. The molecule has 0 spiro atoms. The summed E-state index contributed by atoms with van der Waals surface area (Å²) in [5, 5.41) is 0. The van der Waals surface area contributed by atoms with Crippen LogP contribution in [0.2, 0.25) is 0 Å². The molecule has 0 rings (SSSR count). The molecule has 0 N–H and O–H groups in total. The summed E-state index contributed by atoms with van der Waals surface area (Å²) in [5.41, 5.74) is -5.68. The number of methoxy groups -OCH3 is 1. The summed E-state index contributed by atoms with van der Waals surface area (Å²) in [5.74, 6) is -40.2. The Hall–Kier alpha value is -1.16. The van der Waals surface area contributed by atoms with E-state index in [2.05, 4.69) is 4.74 Å². The molecule has 0 amide bonds. The van der Waals surface area contributed by atoms with Crippen LogP contribution in [0.5, 0.6) is 0 Å². The van der Waals surface area contributed by atoms with Crippen molar-refractivity contribution in [3.8, 4) is 0 Å². The first-order valence-corrected chi connectivity index (χ1v) is 5.89. The Morgan fingerprint density at radius 1 is 0.407 bits per heavy atom. The van der Waals surface area contributed by atoms with Gasteiger partial charge < -0.3 is 4.74 Å². The van der Waals surface area contributed by atoms with Crippen LogP contribution in [0.1, 0.15) is 6.92 Å². The van der Waals surface area contributed by atoms with Crippen LogP contribution in [0.25, 0.3) is 0 Å². The first-order valence-electron chi connectivity index (χ1n) is 5.89. The largest absolute Gasteiger partial charge is 0.460 e. The van der Waals surface area contributed by atoms with Crippen molar-refractivity contribution in [2.75, 3.05) is 7.11 Å². The van der Waals surface area contributed by atoms with E-state index < -0.39 is 61.6 Å². The van der Waals surface area contributed by atoms with E-state index in [0.29, 0.717) is 0 Å². The number of alkyl halides is 16. The monoisotopic (exact) mass is 446 g/mol. The molecule has 0 fully saturated rings. The van der Waals surface area contributed by atoms with Gasteiger partial charge in [-0.1, -0.05) is 0 Å². The summed E-state index contributed by atoms with van der Waals surface area (Å²) in [6.07, 6.45) is -14.3. The zero-order chi connectivity index (χ0) is 22.7. The molecule has 164 valence electrons. The molecule has 0 aromatic rings. The van der Waals surface area contributed by atoms with Crippen LogP contribution < -0.4 is 0 Å². The van der Waals surface area contributed by atoms with Gasteiger partial charge in [0.25, 0.3) is 0 Å². The van der Waals surface area contributed by atoms with Gasteiger partial charge in [-0.05, 0) is 6.92 Å². The summed E-state index contributed by atoms with van der Waals surface area (Å²) in [7, 11) is -0.405. The van der Waals surface area contributed by atoms with Crippen LogP contribution in [-0.4, -0.2) is 54.7 Å². The van der Waals surface area contributed by atoms with Crippen LogP contribution in [0, 0.1) is 0 Å². The first kappa shape index (κ1) is 25.8. The van der Waals surface area contributed by atoms with Gasteiger partial charge in [-0.2, -0.15) is 70.2 Å². The smallest absolute Gasteiger partial charge is 0.364 e. The Bertz CT molecular complexity index is 542. The maximum Gasteiger partial charge on any atom is 0.460 e. The molecule has 0 aromatic heterocycles. The van der Waals surface area contributed by atoms with E-state index in [1.54, 1.807) is 0 Å². The van der Waals surface area contributed by atoms with E-state index >= 15 is 0 Å². The third kappa shape index (κ3) is 3.08. The van der Waals surface area contributed by atoms with Gasteiger partial charge in [0.05, 0.1) is 0 Å². The van der Waals surface area contributed by atoms with Crippen molar-refractivity contribution < 1.29 is 75.0 Å². The number of hydrogen-bond donors (Lipinski definition) is 0. The fourth-order valence-electron chi connectivity index (χ4n) is 1.49. The molecule has 0 radical (unpaired) electrons. The number of rotatable bonds is 6. The van der Waals surface area contributed by atoms with Gasteiger partial charge in [-0.3, -0.25) is 0 Å².